The van der Waals surface area contributed by atoms with E-state index in [9.17, 15) is 9.59 Å². The highest BCUT2D eigenvalue weighted by Gasteiger charge is 2.30. The Morgan fingerprint density at radius 2 is 1.57 bits per heavy atom. The van der Waals surface area contributed by atoms with E-state index in [-0.39, 0.29) is 11.8 Å². The second-order valence-electron chi connectivity index (χ2n) is 8.48. The van der Waals surface area contributed by atoms with Crippen molar-refractivity contribution in [3.8, 4) is 0 Å². The summed E-state index contributed by atoms with van der Waals surface area (Å²) in [5.41, 5.74) is 3.20. The van der Waals surface area contributed by atoms with Gasteiger partial charge in [0.2, 0.25) is 11.8 Å². The van der Waals surface area contributed by atoms with Crippen LogP contribution in [0.25, 0.3) is 0 Å². The van der Waals surface area contributed by atoms with E-state index in [0.717, 1.165) is 34.2 Å². The predicted molar refractivity (Wildman–Crippen MR) is 149 cm³/mol. The second kappa shape index (κ2) is 14.7. The van der Waals surface area contributed by atoms with Crippen molar-refractivity contribution in [2.75, 3.05) is 12.3 Å². The Hall–Kier alpha value is -2.57. The van der Waals surface area contributed by atoms with Gasteiger partial charge in [-0.05, 0) is 35.2 Å². The van der Waals surface area contributed by atoms with Gasteiger partial charge >= 0.3 is 0 Å². The topological polar surface area (TPSA) is 49.4 Å². The highest BCUT2D eigenvalue weighted by molar-refractivity contribution is 9.10. The number of hydrogen-bond acceptors (Lipinski definition) is 3. The minimum atomic E-state index is -0.585. The maximum absolute atomic E-state index is 13.6. The highest BCUT2D eigenvalue weighted by Crippen LogP contribution is 2.20. The van der Waals surface area contributed by atoms with Gasteiger partial charge in [0.1, 0.15) is 6.04 Å². The number of carbonyl (C=O) groups is 2. The zero-order valence-corrected chi connectivity index (χ0v) is 22.6. The van der Waals surface area contributed by atoms with Gasteiger partial charge in [0, 0.05) is 29.7 Å². The van der Waals surface area contributed by atoms with Gasteiger partial charge in [-0.15, -0.1) is 11.8 Å². The normalized spacial score (nSPS) is 11.6. The zero-order valence-electron chi connectivity index (χ0n) is 20.2. The van der Waals surface area contributed by atoms with Crippen LogP contribution in [0.1, 0.15) is 36.5 Å². The Morgan fingerprint density at radius 1 is 0.914 bits per heavy atom. The fourth-order valence-corrected chi connectivity index (χ4v) is 5.12. The van der Waals surface area contributed by atoms with Crippen LogP contribution in [-0.2, 0) is 28.3 Å². The molecule has 0 radical (unpaired) electrons. The van der Waals surface area contributed by atoms with Crippen molar-refractivity contribution in [3.63, 3.8) is 0 Å². The average molecular weight is 554 g/mol. The molecule has 3 aromatic carbocycles. The van der Waals surface area contributed by atoms with Gasteiger partial charge in [0.25, 0.3) is 0 Å². The Labute approximate surface area is 221 Å². The summed E-state index contributed by atoms with van der Waals surface area (Å²) in [6, 6.07) is 27.4. The van der Waals surface area contributed by atoms with Gasteiger partial charge in [-0.1, -0.05) is 102 Å². The summed E-state index contributed by atoms with van der Waals surface area (Å²) in [4.78, 5) is 28.8. The smallest absolute Gasteiger partial charge is 0.243 e. The van der Waals surface area contributed by atoms with Gasteiger partial charge in [-0.2, -0.15) is 0 Å². The van der Waals surface area contributed by atoms with E-state index in [1.54, 1.807) is 16.7 Å². The summed E-state index contributed by atoms with van der Waals surface area (Å²) in [5, 5.41) is 3.07. The number of nitrogens with one attached hydrogen (secondary N) is 1. The number of rotatable bonds is 13. The van der Waals surface area contributed by atoms with Gasteiger partial charge in [0.15, 0.2) is 0 Å². The summed E-state index contributed by atoms with van der Waals surface area (Å²) in [6.45, 7) is 3.09. The molecule has 184 valence electrons. The molecule has 0 spiro atoms. The number of amides is 2. The van der Waals surface area contributed by atoms with E-state index < -0.39 is 6.04 Å². The van der Waals surface area contributed by atoms with Crippen LogP contribution in [0.2, 0.25) is 0 Å². The van der Waals surface area contributed by atoms with E-state index >= 15 is 0 Å². The number of benzene rings is 3. The average Bonchev–Trinajstić information content (AvgIpc) is 2.87. The molecule has 0 bridgehead atoms. The first-order valence-electron chi connectivity index (χ1n) is 12.0. The van der Waals surface area contributed by atoms with Crippen LogP contribution < -0.4 is 5.32 Å². The van der Waals surface area contributed by atoms with Gasteiger partial charge < -0.3 is 10.2 Å². The number of halogens is 1. The summed E-state index contributed by atoms with van der Waals surface area (Å²) < 4.78 is 0.952. The first-order valence-corrected chi connectivity index (χ1v) is 14.0. The molecule has 0 aromatic heterocycles. The molecule has 0 aliphatic rings. The standard InChI is InChI=1S/C29H33BrN2O2S/c1-2-3-17-31-29(34)27(19-23-11-6-4-7-12-23)32(20-25-15-10-16-26(30)18-25)28(33)22-35-21-24-13-8-5-9-14-24/h4-16,18,27H,2-3,17,19-22H2,1H3,(H,31,34)/t27-/m0/s1. The summed E-state index contributed by atoms with van der Waals surface area (Å²) in [7, 11) is 0. The monoisotopic (exact) mass is 552 g/mol. The first kappa shape index (κ1) is 27.0. The van der Waals surface area contributed by atoms with E-state index in [1.807, 2.05) is 72.8 Å². The molecule has 0 saturated carbocycles. The summed E-state index contributed by atoms with van der Waals surface area (Å²) in [5.74, 6) is 0.941. The van der Waals surface area contributed by atoms with Crippen molar-refractivity contribution >= 4 is 39.5 Å². The molecule has 0 aliphatic heterocycles. The number of carbonyl (C=O) groups excluding carboxylic acids is 2. The maximum Gasteiger partial charge on any atom is 0.243 e. The molecule has 3 rings (SSSR count). The summed E-state index contributed by atoms with van der Waals surface area (Å²) in [6.07, 6.45) is 2.39. The predicted octanol–water partition coefficient (Wildman–Crippen LogP) is 6.24. The Bertz CT molecular complexity index is 1060. The molecule has 6 heteroatoms. The Morgan fingerprint density at radius 3 is 2.23 bits per heavy atom. The molecule has 3 aromatic rings. The van der Waals surface area contributed by atoms with Gasteiger partial charge in [-0.3, -0.25) is 9.59 Å². The van der Waals surface area contributed by atoms with Crippen molar-refractivity contribution in [2.24, 2.45) is 0 Å². The molecule has 0 heterocycles. The van der Waals surface area contributed by atoms with Crippen LogP contribution in [0.15, 0.2) is 89.4 Å². The molecule has 0 saturated heterocycles. The lowest BCUT2D eigenvalue weighted by Crippen LogP contribution is -2.51. The van der Waals surface area contributed by atoms with E-state index in [4.69, 9.17) is 0 Å². The highest BCUT2D eigenvalue weighted by atomic mass is 79.9. The number of unbranched alkanes of at least 4 members (excludes halogenated alkanes) is 1. The molecule has 1 atom stereocenters. The lowest BCUT2D eigenvalue weighted by Gasteiger charge is -2.31. The van der Waals surface area contributed by atoms with Crippen LogP contribution >= 0.6 is 27.7 Å². The molecular formula is C29H33BrN2O2S. The molecule has 0 fully saturated rings. The van der Waals surface area contributed by atoms with Crippen LogP contribution in [0.5, 0.6) is 0 Å². The Kier molecular flexibility index (Phi) is 11.4. The zero-order chi connectivity index (χ0) is 24.9. The number of thioether (sulfide) groups is 1. The van der Waals surface area contributed by atoms with Crippen molar-refractivity contribution in [1.29, 1.82) is 0 Å². The molecule has 35 heavy (non-hydrogen) atoms. The third-order valence-electron chi connectivity index (χ3n) is 5.68. The Balaban J connectivity index is 1.83. The third-order valence-corrected chi connectivity index (χ3v) is 7.16. The molecule has 1 N–H and O–H groups in total. The van der Waals surface area contributed by atoms with Crippen LogP contribution in [0.4, 0.5) is 0 Å². The van der Waals surface area contributed by atoms with Crippen molar-refractivity contribution < 1.29 is 9.59 Å². The SMILES string of the molecule is CCCCNC(=O)[C@H](Cc1ccccc1)N(Cc1cccc(Br)c1)C(=O)CSCc1ccccc1. The third kappa shape index (κ3) is 9.19. The van der Waals surface area contributed by atoms with Crippen LogP contribution in [0.3, 0.4) is 0 Å². The number of hydrogen-bond donors (Lipinski definition) is 1. The van der Waals surface area contributed by atoms with Crippen LogP contribution in [-0.4, -0.2) is 35.1 Å². The lowest BCUT2D eigenvalue weighted by atomic mass is 10.0. The number of nitrogens with zero attached hydrogens (tertiary/aromatic N) is 1. The van der Waals surface area contributed by atoms with Crippen molar-refractivity contribution in [3.05, 3.63) is 106 Å². The first-order chi connectivity index (χ1) is 17.1. The summed E-state index contributed by atoms with van der Waals surface area (Å²) >= 11 is 5.11. The largest absolute Gasteiger partial charge is 0.354 e. The molecule has 0 aliphatic carbocycles. The van der Waals surface area contributed by atoms with Crippen LogP contribution in [0, 0.1) is 0 Å². The fourth-order valence-electron chi connectivity index (χ4n) is 3.81. The molecule has 0 unspecified atom stereocenters. The second-order valence-corrected chi connectivity index (χ2v) is 10.4. The van der Waals surface area contributed by atoms with Gasteiger partial charge in [-0.25, -0.2) is 0 Å². The minimum Gasteiger partial charge on any atom is -0.354 e. The minimum absolute atomic E-state index is 0.0301. The maximum atomic E-state index is 13.6. The van der Waals surface area contributed by atoms with Crippen molar-refractivity contribution in [1.82, 2.24) is 10.2 Å². The lowest BCUT2D eigenvalue weighted by molar-refractivity contribution is -0.139. The van der Waals surface area contributed by atoms with E-state index in [1.165, 1.54) is 5.56 Å². The van der Waals surface area contributed by atoms with Crippen molar-refractivity contribution in [2.45, 2.75) is 44.5 Å². The molecule has 2 amide bonds. The quantitative estimate of drug-likeness (QED) is 0.255. The van der Waals surface area contributed by atoms with E-state index in [0.29, 0.717) is 25.3 Å². The van der Waals surface area contributed by atoms with E-state index in [2.05, 4.69) is 40.3 Å². The molecule has 4 nitrogen and oxygen atoms in total. The fraction of sp³-hybridized carbons (Fsp3) is 0.310. The van der Waals surface area contributed by atoms with Gasteiger partial charge in [0.05, 0.1) is 5.75 Å². The molecular weight excluding hydrogens is 520 g/mol.